The molecule has 94 valence electrons. The first-order valence-corrected chi connectivity index (χ1v) is 6.50. The molecule has 1 aromatic carbocycles. The Labute approximate surface area is 111 Å². The lowest BCUT2D eigenvalue weighted by Gasteiger charge is -2.16. The van der Waals surface area contributed by atoms with Crippen molar-refractivity contribution in [2.75, 3.05) is 11.9 Å². The van der Waals surface area contributed by atoms with Gasteiger partial charge < -0.3 is 10.1 Å². The molecule has 0 aromatic heterocycles. The van der Waals surface area contributed by atoms with E-state index in [-0.39, 0.29) is 12.0 Å². The third kappa shape index (κ3) is 4.77. The molecule has 1 aromatic rings. The molecular formula is C13H18BrNO2. The third-order valence-corrected chi connectivity index (χ3v) is 2.99. The lowest BCUT2D eigenvalue weighted by atomic mass is 10.2. The van der Waals surface area contributed by atoms with Gasteiger partial charge in [0.25, 0.3) is 0 Å². The summed E-state index contributed by atoms with van der Waals surface area (Å²) in [5.41, 5.74) is 2.18. The monoisotopic (exact) mass is 299 g/mol. The van der Waals surface area contributed by atoms with Crippen molar-refractivity contribution in [2.24, 2.45) is 0 Å². The average molecular weight is 300 g/mol. The maximum atomic E-state index is 11.3. The molecule has 4 heteroatoms. The molecule has 0 aliphatic carbocycles. The first-order valence-electron chi connectivity index (χ1n) is 5.71. The summed E-state index contributed by atoms with van der Waals surface area (Å²) in [6.07, 6.45) is 0.369. The molecule has 0 aliphatic heterocycles. The molecule has 1 atom stereocenters. The Morgan fingerprint density at radius 2 is 2.24 bits per heavy atom. The van der Waals surface area contributed by atoms with Crippen molar-refractivity contribution in [1.29, 1.82) is 0 Å². The maximum Gasteiger partial charge on any atom is 0.307 e. The Balaban J connectivity index is 2.58. The van der Waals surface area contributed by atoms with Crippen molar-refractivity contribution in [2.45, 2.75) is 33.2 Å². The summed E-state index contributed by atoms with van der Waals surface area (Å²) >= 11 is 3.48. The van der Waals surface area contributed by atoms with E-state index in [2.05, 4.69) is 21.2 Å². The number of carbonyl (C=O) groups is 1. The van der Waals surface area contributed by atoms with Crippen molar-refractivity contribution < 1.29 is 9.53 Å². The third-order valence-electron chi connectivity index (χ3n) is 2.30. The van der Waals surface area contributed by atoms with Gasteiger partial charge in [-0.05, 0) is 54.4 Å². The first kappa shape index (κ1) is 14.0. The van der Waals surface area contributed by atoms with Gasteiger partial charge in [-0.15, -0.1) is 0 Å². The molecule has 0 fully saturated rings. The summed E-state index contributed by atoms with van der Waals surface area (Å²) in [7, 11) is 0. The largest absolute Gasteiger partial charge is 0.466 e. The summed E-state index contributed by atoms with van der Waals surface area (Å²) < 4.78 is 5.91. The van der Waals surface area contributed by atoms with Crippen molar-refractivity contribution in [3.63, 3.8) is 0 Å². The van der Waals surface area contributed by atoms with Crippen LogP contribution in [0.5, 0.6) is 0 Å². The zero-order valence-corrected chi connectivity index (χ0v) is 12.0. The second-order valence-electron chi connectivity index (χ2n) is 4.04. The highest BCUT2D eigenvalue weighted by molar-refractivity contribution is 9.10. The van der Waals surface area contributed by atoms with Gasteiger partial charge in [-0.1, -0.05) is 6.07 Å². The van der Waals surface area contributed by atoms with E-state index in [0.29, 0.717) is 13.0 Å². The predicted molar refractivity (Wildman–Crippen MR) is 73.2 cm³/mol. The number of halogens is 1. The SMILES string of the molecule is CCOC(=O)CC(C)Nc1cc(C)ccc1Br. The van der Waals surface area contributed by atoms with E-state index in [1.165, 1.54) is 5.56 Å². The van der Waals surface area contributed by atoms with Crippen LogP contribution in [0.2, 0.25) is 0 Å². The van der Waals surface area contributed by atoms with Gasteiger partial charge in [-0.3, -0.25) is 4.79 Å². The highest BCUT2D eigenvalue weighted by atomic mass is 79.9. The Hall–Kier alpha value is -1.03. The van der Waals surface area contributed by atoms with Crippen LogP contribution in [0.15, 0.2) is 22.7 Å². The molecule has 1 N–H and O–H groups in total. The number of hydrogen-bond donors (Lipinski definition) is 1. The second-order valence-corrected chi connectivity index (χ2v) is 4.89. The molecule has 0 spiro atoms. The van der Waals surface area contributed by atoms with Crippen LogP contribution in [0.1, 0.15) is 25.8 Å². The van der Waals surface area contributed by atoms with Gasteiger partial charge in [0.15, 0.2) is 0 Å². The Morgan fingerprint density at radius 1 is 1.53 bits per heavy atom. The van der Waals surface area contributed by atoms with Gasteiger partial charge in [0, 0.05) is 16.2 Å². The summed E-state index contributed by atoms with van der Waals surface area (Å²) in [6, 6.07) is 6.12. The minimum absolute atomic E-state index is 0.0483. The van der Waals surface area contributed by atoms with Crippen LogP contribution in [0.4, 0.5) is 5.69 Å². The number of hydrogen-bond acceptors (Lipinski definition) is 3. The van der Waals surface area contributed by atoms with Crippen LogP contribution in [0.3, 0.4) is 0 Å². The van der Waals surface area contributed by atoms with Gasteiger partial charge in [0.1, 0.15) is 0 Å². The highest BCUT2D eigenvalue weighted by Gasteiger charge is 2.10. The topological polar surface area (TPSA) is 38.3 Å². The Kier molecular flexibility index (Phi) is 5.48. The van der Waals surface area contributed by atoms with Crippen LogP contribution >= 0.6 is 15.9 Å². The van der Waals surface area contributed by atoms with E-state index in [0.717, 1.165) is 10.2 Å². The van der Waals surface area contributed by atoms with Gasteiger partial charge in [0.05, 0.1) is 13.0 Å². The molecule has 1 unspecified atom stereocenters. The van der Waals surface area contributed by atoms with Crippen LogP contribution in [-0.2, 0) is 9.53 Å². The molecule has 17 heavy (non-hydrogen) atoms. The average Bonchev–Trinajstić information content (AvgIpc) is 2.23. The molecule has 3 nitrogen and oxygen atoms in total. The van der Waals surface area contributed by atoms with E-state index in [1.54, 1.807) is 0 Å². The number of nitrogens with one attached hydrogen (secondary N) is 1. The minimum atomic E-state index is -0.170. The highest BCUT2D eigenvalue weighted by Crippen LogP contribution is 2.24. The zero-order chi connectivity index (χ0) is 12.8. The fraction of sp³-hybridized carbons (Fsp3) is 0.462. The lowest BCUT2D eigenvalue weighted by Crippen LogP contribution is -2.21. The van der Waals surface area contributed by atoms with Gasteiger partial charge in [-0.2, -0.15) is 0 Å². The van der Waals surface area contributed by atoms with Crippen LogP contribution in [0.25, 0.3) is 0 Å². The molecule has 0 radical (unpaired) electrons. The van der Waals surface area contributed by atoms with E-state index in [9.17, 15) is 4.79 Å². The molecule has 0 aliphatic rings. The number of carbonyl (C=O) groups excluding carboxylic acids is 1. The smallest absolute Gasteiger partial charge is 0.307 e. The van der Waals surface area contributed by atoms with Crippen LogP contribution in [0, 0.1) is 6.92 Å². The van der Waals surface area contributed by atoms with Gasteiger partial charge in [0.2, 0.25) is 0 Å². The van der Waals surface area contributed by atoms with E-state index < -0.39 is 0 Å². The quantitative estimate of drug-likeness (QED) is 0.846. The fourth-order valence-electron chi connectivity index (χ4n) is 1.54. The first-order chi connectivity index (χ1) is 8.02. The van der Waals surface area contributed by atoms with Crippen LogP contribution in [-0.4, -0.2) is 18.6 Å². The van der Waals surface area contributed by atoms with E-state index in [4.69, 9.17) is 4.74 Å². The molecule has 0 amide bonds. The summed E-state index contributed by atoms with van der Waals surface area (Å²) in [5, 5.41) is 3.29. The van der Waals surface area contributed by atoms with Crippen molar-refractivity contribution in [3.05, 3.63) is 28.2 Å². The number of ether oxygens (including phenoxy) is 1. The minimum Gasteiger partial charge on any atom is -0.466 e. The fourth-order valence-corrected chi connectivity index (χ4v) is 1.90. The standard InChI is InChI=1S/C13H18BrNO2/c1-4-17-13(16)8-10(3)15-12-7-9(2)5-6-11(12)14/h5-7,10,15H,4,8H2,1-3H3. The molecule has 1 rings (SSSR count). The zero-order valence-electron chi connectivity index (χ0n) is 10.4. The Morgan fingerprint density at radius 3 is 2.88 bits per heavy atom. The number of esters is 1. The number of rotatable bonds is 5. The second kappa shape index (κ2) is 6.64. The summed E-state index contributed by atoms with van der Waals surface area (Å²) in [5.74, 6) is -0.170. The van der Waals surface area contributed by atoms with Crippen molar-refractivity contribution in [3.8, 4) is 0 Å². The summed E-state index contributed by atoms with van der Waals surface area (Å²) in [4.78, 5) is 11.3. The van der Waals surface area contributed by atoms with Gasteiger partial charge >= 0.3 is 5.97 Å². The summed E-state index contributed by atoms with van der Waals surface area (Å²) in [6.45, 7) is 6.24. The Bertz CT molecular complexity index is 393. The van der Waals surface area contributed by atoms with Crippen molar-refractivity contribution >= 4 is 27.6 Å². The molecular weight excluding hydrogens is 282 g/mol. The molecule has 0 bridgehead atoms. The molecule has 0 saturated heterocycles. The number of aryl methyl sites for hydroxylation is 1. The van der Waals surface area contributed by atoms with E-state index in [1.807, 2.05) is 39.0 Å². The number of anilines is 1. The predicted octanol–water partition coefficient (Wildman–Crippen LogP) is 3.51. The van der Waals surface area contributed by atoms with Crippen LogP contribution < -0.4 is 5.32 Å². The lowest BCUT2D eigenvalue weighted by molar-refractivity contribution is -0.143. The molecule has 0 saturated carbocycles. The van der Waals surface area contributed by atoms with Crippen molar-refractivity contribution in [1.82, 2.24) is 0 Å². The molecule has 0 heterocycles. The number of benzene rings is 1. The van der Waals surface area contributed by atoms with Gasteiger partial charge in [-0.25, -0.2) is 0 Å². The van der Waals surface area contributed by atoms with E-state index >= 15 is 0 Å². The normalized spacial score (nSPS) is 12.0. The maximum absolute atomic E-state index is 11.3.